The topological polar surface area (TPSA) is 61.8 Å². The van der Waals surface area contributed by atoms with Gasteiger partial charge >= 0.3 is 5.97 Å². The maximum absolute atomic E-state index is 11.2. The zero-order valence-electron chi connectivity index (χ0n) is 10.4. The molecule has 0 spiro atoms. The van der Waals surface area contributed by atoms with Crippen molar-refractivity contribution in [3.63, 3.8) is 0 Å². The van der Waals surface area contributed by atoms with Crippen LogP contribution in [0.2, 0.25) is 0 Å². The number of ether oxygens (including phenoxy) is 3. The third-order valence-corrected chi connectivity index (χ3v) is 1.46. The summed E-state index contributed by atoms with van der Waals surface area (Å²) >= 11 is 0. The third kappa shape index (κ3) is 9.61. The van der Waals surface area contributed by atoms with Gasteiger partial charge in [-0.25, -0.2) is 0 Å². The largest absolute Gasteiger partial charge is 0.460 e. The van der Waals surface area contributed by atoms with Crippen molar-refractivity contribution in [3.8, 4) is 0 Å². The molecule has 5 heteroatoms. The molecule has 0 aliphatic carbocycles. The first kappa shape index (κ1) is 15.1. The second-order valence-electron chi connectivity index (χ2n) is 4.35. The third-order valence-electron chi connectivity index (χ3n) is 1.46. The molecule has 0 radical (unpaired) electrons. The van der Waals surface area contributed by atoms with Crippen LogP contribution >= 0.6 is 0 Å². The van der Waals surface area contributed by atoms with E-state index >= 15 is 0 Å². The van der Waals surface area contributed by atoms with Crippen LogP contribution in [0.3, 0.4) is 0 Å². The standard InChI is InChI=1S/C11H20O5/c1-11(2,3)16-10(13)7-9(12)8-15-6-5-14-4/h5-8H2,1-4H3. The van der Waals surface area contributed by atoms with E-state index in [-0.39, 0.29) is 18.8 Å². The van der Waals surface area contributed by atoms with Crippen LogP contribution in [0.25, 0.3) is 0 Å². The number of carbonyl (C=O) groups excluding carboxylic acids is 2. The molecule has 0 fully saturated rings. The number of ketones is 1. The molecule has 0 aromatic rings. The minimum absolute atomic E-state index is 0.0808. The molecule has 0 saturated heterocycles. The molecule has 0 bridgehead atoms. The van der Waals surface area contributed by atoms with E-state index in [1.165, 1.54) is 0 Å². The fourth-order valence-corrected chi connectivity index (χ4v) is 0.918. The minimum Gasteiger partial charge on any atom is -0.460 e. The van der Waals surface area contributed by atoms with Crippen LogP contribution in [0.5, 0.6) is 0 Å². The lowest BCUT2D eigenvalue weighted by molar-refractivity contribution is -0.156. The van der Waals surface area contributed by atoms with Crippen LogP contribution in [0, 0.1) is 0 Å². The lowest BCUT2D eigenvalue weighted by Gasteiger charge is -2.19. The van der Waals surface area contributed by atoms with Crippen molar-refractivity contribution >= 4 is 11.8 Å². The van der Waals surface area contributed by atoms with Gasteiger partial charge in [0.05, 0.1) is 13.2 Å². The van der Waals surface area contributed by atoms with Crippen LogP contribution in [0.4, 0.5) is 0 Å². The molecule has 0 saturated carbocycles. The Hall–Kier alpha value is -0.940. The number of carbonyl (C=O) groups is 2. The fraction of sp³-hybridized carbons (Fsp3) is 0.818. The van der Waals surface area contributed by atoms with E-state index in [0.29, 0.717) is 13.2 Å². The summed E-state index contributed by atoms with van der Waals surface area (Å²) in [6.45, 7) is 5.96. The van der Waals surface area contributed by atoms with Crippen molar-refractivity contribution in [2.24, 2.45) is 0 Å². The highest BCUT2D eigenvalue weighted by atomic mass is 16.6. The molecule has 0 aliphatic heterocycles. The molecule has 0 heterocycles. The molecule has 0 unspecified atom stereocenters. The smallest absolute Gasteiger partial charge is 0.313 e. The second kappa shape index (κ2) is 7.35. The summed E-state index contributed by atoms with van der Waals surface area (Å²) < 4.78 is 14.7. The average Bonchev–Trinajstić information content (AvgIpc) is 2.09. The Morgan fingerprint density at radius 1 is 1.12 bits per heavy atom. The van der Waals surface area contributed by atoms with Crippen molar-refractivity contribution in [1.82, 2.24) is 0 Å². The van der Waals surface area contributed by atoms with Gasteiger partial charge in [-0.15, -0.1) is 0 Å². The van der Waals surface area contributed by atoms with Gasteiger partial charge in [-0.3, -0.25) is 9.59 Å². The molecule has 0 atom stereocenters. The molecule has 0 aliphatic rings. The summed E-state index contributed by atoms with van der Waals surface area (Å²) in [6.07, 6.45) is -0.246. The monoisotopic (exact) mass is 232 g/mol. The van der Waals surface area contributed by atoms with Gasteiger partial charge in [0.2, 0.25) is 0 Å². The Morgan fingerprint density at radius 3 is 2.25 bits per heavy atom. The fourth-order valence-electron chi connectivity index (χ4n) is 0.918. The van der Waals surface area contributed by atoms with Gasteiger partial charge in [-0.1, -0.05) is 0 Å². The summed E-state index contributed by atoms with van der Waals surface area (Å²) in [4.78, 5) is 22.5. The molecule has 16 heavy (non-hydrogen) atoms. The van der Waals surface area contributed by atoms with Crippen molar-refractivity contribution in [1.29, 1.82) is 0 Å². The van der Waals surface area contributed by atoms with Crippen LogP contribution in [-0.2, 0) is 23.8 Å². The molecule has 0 aromatic carbocycles. The average molecular weight is 232 g/mol. The van der Waals surface area contributed by atoms with Gasteiger partial charge in [0.1, 0.15) is 18.6 Å². The number of rotatable bonds is 7. The Bertz CT molecular complexity index is 229. The molecule has 0 aromatic heterocycles. The van der Waals surface area contributed by atoms with Crippen LogP contribution in [0.1, 0.15) is 27.2 Å². The molecule has 0 rings (SSSR count). The van der Waals surface area contributed by atoms with Crippen LogP contribution in [-0.4, -0.2) is 44.3 Å². The summed E-state index contributed by atoms with van der Waals surface area (Å²) in [5.74, 6) is -0.807. The maximum Gasteiger partial charge on any atom is 0.313 e. The Morgan fingerprint density at radius 2 is 1.75 bits per heavy atom. The van der Waals surface area contributed by atoms with Gasteiger partial charge < -0.3 is 14.2 Å². The summed E-state index contributed by atoms with van der Waals surface area (Å²) in [5.41, 5.74) is -0.561. The van der Waals surface area contributed by atoms with Crippen molar-refractivity contribution in [2.75, 3.05) is 26.9 Å². The molecular formula is C11H20O5. The maximum atomic E-state index is 11.2. The van der Waals surface area contributed by atoms with Crippen LogP contribution < -0.4 is 0 Å². The van der Waals surface area contributed by atoms with Crippen molar-refractivity contribution in [2.45, 2.75) is 32.8 Å². The van der Waals surface area contributed by atoms with Crippen molar-refractivity contribution < 1.29 is 23.8 Å². The first-order chi connectivity index (χ1) is 7.35. The number of Topliss-reactive ketones (excluding diaryl/α,β-unsaturated/α-hetero) is 1. The Balaban J connectivity index is 3.67. The first-order valence-electron chi connectivity index (χ1n) is 5.15. The molecule has 0 amide bonds. The lowest BCUT2D eigenvalue weighted by atomic mass is 10.2. The van der Waals surface area contributed by atoms with Crippen molar-refractivity contribution in [3.05, 3.63) is 0 Å². The lowest BCUT2D eigenvalue weighted by Crippen LogP contribution is -2.26. The number of esters is 1. The van der Waals surface area contributed by atoms with E-state index < -0.39 is 11.6 Å². The van der Waals surface area contributed by atoms with Crippen LogP contribution in [0.15, 0.2) is 0 Å². The predicted molar refractivity (Wildman–Crippen MR) is 58.2 cm³/mol. The molecular weight excluding hydrogens is 212 g/mol. The zero-order chi connectivity index (χ0) is 12.6. The zero-order valence-corrected chi connectivity index (χ0v) is 10.4. The van der Waals surface area contributed by atoms with Gasteiger partial charge in [0, 0.05) is 7.11 Å². The van der Waals surface area contributed by atoms with E-state index in [1.54, 1.807) is 27.9 Å². The minimum atomic E-state index is -0.561. The van der Waals surface area contributed by atoms with Gasteiger partial charge in [-0.2, -0.15) is 0 Å². The summed E-state index contributed by atoms with van der Waals surface area (Å²) in [5, 5.41) is 0. The van der Waals surface area contributed by atoms with E-state index in [2.05, 4.69) is 0 Å². The highest BCUT2D eigenvalue weighted by Crippen LogP contribution is 2.08. The SMILES string of the molecule is COCCOCC(=O)CC(=O)OC(C)(C)C. The van der Waals surface area contributed by atoms with Gasteiger partial charge in [0.15, 0.2) is 5.78 Å². The van der Waals surface area contributed by atoms with E-state index in [0.717, 1.165) is 0 Å². The van der Waals surface area contributed by atoms with Gasteiger partial charge in [0.25, 0.3) is 0 Å². The van der Waals surface area contributed by atoms with E-state index in [1.807, 2.05) is 0 Å². The number of hydrogen-bond donors (Lipinski definition) is 0. The Kier molecular flexibility index (Phi) is 6.92. The normalized spacial score (nSPS) is 11.2. The number of methoxy groups -OCH3 is 1. The summed E-state index contributed by atoms with van der Waals surface area (Å²) in [6, 6.07) is 0. The Labute approximate surface area is 96.1 Å². The predicted octanol–water partition coefficient (Wildman–Crippen LogP) is 0.950. The van der Waals surface area contributed by atoms with E-state index in [4.69, 9.17) is 14.2 Å². The highest BCUT2D eigenvalue weighted by molar-refractivity contribution is 5.96. The second-order valence-corrected chi connectivity index (χ2v) is 4.35. The summed E-state index contributed by atoms with van der Waals surface area (Å²) in [7, 11) is 1.55. The quantitative estimate of drug-likeness (QED) is 0.371. The first-order valence-corrected chi connectivity index (χ1v) is 5.15. The number of hydrogen-bond acceptors (Lipinski definition) is 5. The van der Waals surface area contributed by atoms with Gasteiger partial charge in [-0.05, 0) is 20.8 Å². The van der Waals surface area contributed by atoms with E-state index in [9.17, 15) is 9.59 Å². The highest BCUT2D eigenvalue weighted by Gasteiger charge is 2.18. The molecule has 0 N–H and O–H groups in total. The molecule has 94 valence electrons. The molecule has 5 nitrogen and oxygen atoms in total.